The van der Waals surface area contributed by atoms with Crippen molar-refractivity contribution in [1.82, 2.24) is 4.90 Å². The van der Waals surface area contributed by atoms with Gasteiger partial charge >= 0.3 is 0 Å². The number of rotatable bonds is 3. The standard InChI is InChI=1S/C14H20N2O3/c1-16(10-14(18)6-8-19-9-7-14)13(17)11-2-4-12(15)5-3-11/h2-5,18H,6-10,15H2,1H3. The topological polar surface area (TPSA) is 75.8 Å². The molecule has 0 atom stereocenters. The van der Waals surface area contributed by atoms with E-state index in [9.17, 15) is 9.90 Å². The zero-order chi connectivity index (χ0) is 13.9. The zero-order valence-electron chi connectivity index (χ0n) is 11.1. The number of benzene rings is 1. The molecule has 1 saturated heterocycles. The monoisotopic (exact) mass is 264 g/mol. The van der Waals surface area contributed by atoms with Gasteiger partial charge in [0.2, 0.25) is 0 Å². The van der Waals surface area contributed by atoms with Crippen LogP contribution in [0.2, 0.25) is 0 Å². The van der Waals surface area contributed by atoms with Crippen molar-refractivity contribution in [3.63, 3.8) is 0 Å². The highest BCUT2D eigenvalue weighted by molar-refractivity contribution is 5.94. The summed E-state index contributed by atoms with van der Waals surface area (Å²) in [6, 6.07) is 6.79. The van der Waals surface area contributed by atoms with Gasteiger partial charge in [-0.05, 0) is 24.3 Å². The molecule has 0 aromatic heterocycles. The van der Waals surface area contributed by atoms with Crippen molar-refractivity contribution in [3.8, 4) is 0 Å². The molecule has 1 heterocycles. The maximum Gasteiger partial charge on any atom is 0.253 e. The van der Waals surface area contributed by atoms with Gasteiger partial charge in [0.25, 0.3) is 5.91 Å². The summed E-state index contributed by atoms with van der Waals surface area (Å²) < 4.78 is 5.23. The number of carbonyl (C=O) groups is 1. The van der Waals surface area contributed by atoms with E-state index in [1.807, 2.05) is 0 Å². The van der Waals surface area contributed by atoms with Crippen molar-refractivity contribution in [3.05, 3.63) is 29.8 Å². The Morgan fingerprint density at radius 3 is 2.53 bits per heavy atom. The van der Waals surface area contributed by atoms with E-state index in [1.54, 1.807) is 36.2 Å². The van der Waals surface area contributed by atoms with E-state index in [0.29, 0.717) is 43.9 Å². The Balaban J connectivity index is 2.00. The molecule has 1 aliphatic rings. The van der Waals surface area contributed by atoms with Crippen LogP contribution in [0.4, 0.5) is 5.69 Å². The summed E-state index contributed by atoms with van der Waals surface area (Å²) in [5, 5.41) is 10.4. The second-order valence-corrected chi connectivity index (χ2v) is 5.12. The van der Waals surface area contributed by atoms with Crippen molar-refractivity contribution in [1.29, 1.82) is 0 Å². The van der Waals surface area contributed by atoms with E-state index in [4.69, 9.17) is 10.5 Å². The molecule has 1 aromatic carbocycles. The van der Waals surface area contributed by atoms with Gasteiger partial charge in [0.1, 0.15) is 0 Å². The maximum absolute atomic E-state index is 12.2. The van der Waals surface area contributed by atoms with Crippen LogP contribution in [-0.2, 0) is 4.74 Å². The molecule has 104 valence electrons. The Morgan fingerprint density at radius 2 is 1.95 bits per heavy atom. The van der Waals surface area contributed by atoms with Gasteiger partial charge in [-0.15, -0.1) is 0 Å². The normalized spacial score (nSPS) is 18.0. The van der Waals surface area contributed by atoms with Crippen LogP contribution in [0.15, 0.2) is 24.3 Å². The lowest BCUT2D eigenvalue weighted by molar-refractivity contribution is -0.0734. The van der Waals surface area contributed by atoms with Gasteiger partial charge < -0.3 is 20.5 Å². The first-order chi connectivity index (χ1) is 9.00. The van der Waals surface area contributed by atoms with E-state index in [1.165, 1.54) is 0 Å². The third kappa shape index (κ3) is 3.45. The van der Waals surface area contributed by atoms with Crippen LogP contribution >= 0.6 is 0 Å². The minimum absolute atomic E-state index is 0.111. The van der Waals surface area contributed by atoms with Crippen molar-refractivity contribution in [2.45, 2.75) is 18.4 Å². The minimum Gasteiger partial charge on any atom is -0.399 e. The molecule has 5 heteroatoms. The summed E-state index contributed by atoms with van der Waals surface area (Å²) in [4.78, 5) is 13.8. The number of amides is 1. The highest BCUT2D eigenvalue weighted by Crippen LogP contribution is 2.22. The van der Waals surface area contributed by atoms with Crippen molar-refractivity contribution >= 4 is 11.6 Å². The number of nitrogens with zero attached hydrogens (tertiary/aromatic N) is 1. The quantitative estimate of drug-likeness (QED) is 0.795. The van der Waals surface area contributed by atoms with Crippen LogP contribution in [0.1, 0.15) is 23.2 Å². The molecule has 5 nitrogen and oxygen atoms in total. The molecule has 0 saturated carbocycles. The molecular formula is C14H20N2O3. The third-order valence-electron chi connectivity index (χ3n) is 3.46. The average molecular weight is 264 g/mol. The lowest BCUT2D eigenvalue weighted by Crippen LogP contribution is -2.47. The lowest BCUT2D eigenvalue weighted by Gasteiger charge is -2.35. The molecule has 1 aliphatic heterocycles. The Bertz CT molecular complexity index is 439. The molecule has 1 fully saturated rings. The summed E-state index contributed by atoms with van der Waals surface area (Å²) in [7, 11) is 1.70. The molecule has 19 heavy (non-hydrogen) atoms. The fraction of sp³-hybridized carbons (Fsp3) is 0.500. The van der Waals surface area contributed by atoms with Gasteiger partial charge in [-0.3, -0.25) is 4.79 Å². The summed E-state index contributed by atoms with van der Waals surface area (Å²) in [5.41, 5.74) is 5.96. The summed E-state index contributed by atoms with van der Waals surface area (Å²) >= 11 is 0. The molecule has 0 aliphatic carbocycles. The largest absolute Gasteiger partial charge is 0.399 e. The van der Waals surface area contributed by atoms with Crippen LogP contribution < -0.4 is 5.73 Å². The number of ether oxygens (including phenoxy) is 1. The van der Waals surface area contributed by atoms with Gasteiger partial charge in [0.05, 0.1) is 5.60 Å². The van der Waals surface area contributed by atoms with Crippen LogP contribution in [0.3, 0.4) is 0 Å². The second kappa shape index (κ2) is 5.59. The molecule has 0 unspecified atom stereocenters. The number of hydrogen-bond donors (Lipinski definition) is 2. The van der Waals surface area contributed by atoms with Gasteiger partial charge in [-0.25, -0.2) is 0 Å². The van der Waals surface area contributed by atoms with Crippen LogP contribution in [0, 0.1) is 0 Å². The van der Waals surface area contributed by atoms with E-state index in [0.717, 1.165) is 0 Å². The Morgan fingerprint density at radius 1 is 1.37 bits per heavy atom. The first-order valence-electron chi connectivity index (χ1n) is 6.41. The number of nitrogens with two attached hydrogens (primary N) is 1. The molecular weight excluding hydrogens is 244 g/mol. The molecule has 2 rings (SSSR count). The fourth-order valence-electron chi connectivity index (χ4n) is 2.27. The Hall–Kier alpha value is -1.59. The van der Waals surface area contributed by atoms with Crippen LogP contribution in [0.25, 0.3) is 0 Å². The van der Waals surface area contributed by atoms with E-state index in [-0.39, 0.29) is 5.91 Å². The number of anilines is 1. The lowest BCUT2D eigenvalue weighted by atomic mass is 9.93. The van der Waals surface area contributed by atoms with E-state index in [2.05, 4.69) is 0 Å². The highest BCUT2D eigenvalue weighted by atomic mass is 16.5. The number of hydrogen-bond acceptors (Lipinski definition) is 4. The van der Waals surface area contributed by atoms with Crippen LogP contribution in [-0.4, -0.2) is 48.3 Å². The summed E-state index contributed by atoms with van der Waals surface area (Å²) in [5.74, 6) is -0.111. The van der Waals surface area contributed by atoms with Gasteiger partial charge in [0, 0.05) is 50.9 Å². The minimum atomic E-state index is -0.837. The molecule has 1 amide bonds. The molecule has 3 N–H and O–H groups in total. The third-order valence-corrected chi connectivity index (χ3v) is 3.46. The number of likely N-dealkylation sites (N-methyl/N-ethyl adjacent to an activating group) is 1. The fourth-order valence-corrected chi connectivity index (χ4v) is 2.27. The predicted octanol–water partition coefficient (Wildman–Crippen LogP) is 0.882. The first kappa shape index (κ1) is 13.8. The SMILES string of the molecule is CN(CC1(O)CCOCC1)C(=O)c1ccc(N)cc1. The van der Waals surface area contributed by atoms with Crippen molar-refractivity contribution in [2.75, 3.05) is 32.5 Å². The predicted molar refractivity (Wildman–Crippen MR) is 72.8 cm³/mol. The smallest absolute Gasteiger partial charge is 0.253 e. The number of carbonyl (C=O) groups excluding carboxylic acids is 1. The Kier molecular flexibility index (Phi) is 4.07. The summed E-state index contributed by atoms with van der Waals surface area (Å²) in [6.45, 7) is 1.40. The maximum atomic E-state index is 12.2. The summed E-state index contributed by atoms with van der Waals surface area (Å²) in [6.07, 6.45) is 1.12. The van der Waals surface area contributed by atoms with Gasteiger partial charge in [0.15, 0.2) is 0 Å². The zero-order valence-corrected chi connectivity index (χ0v) is 11.1. The first-order valence-corrected chi connectivity index (χ1v) is 6.41. The Labute approximate surface area is 113 Å². The number of aliphatic hydroxyl groups is 1. The molecule has 0 radical (unpaired) electrons. The van der Waals surface area contributed by atoms with Crippen molar-refractivity contribution < 1.29 is 14.6 Å². The highest BCUT2D eigenvalue weighted by Gasteiger charge is 2.32. The van der Waals surface area contributed by atoms with E-state index >= 15 is 0 Å². The van der Waals surface area contributed by atoms with Crippen molar-refractivity contribution in [2.24, 2.45) is 0 Å². The molecule has 0 bridgehead atoms. The second-order valence-electron chi connectivity index (χ2n) is 5.12. The van der Waals surface area contributed by atoms with Crippen LogP contribution in [0.5, 0.6) is 0 Å². The number of nitrogen functional groups attached to an aromatic ring is 1. The molecule has 1 aromatic rings. The van der Waals surface area contributed by atoms with Gasteiger partial charge in [-0.2, -0.15) is 0 Å². The van der Waals surface area contributed by atoms with Gasteiger partial charge in [-0.1, -0.05) is 0 Å². The average Bonchev–Trinajstić information content (AvgIpc) is 2.39. The van der Waals surface area contributed by atoms with E-state index < -0.39 is 5.60 Å². The molecule has 0 spiro atoms.